The van der Waals surface area contributed by atoms with Gasteiger partial charge >= 0.3 is 0 Å². The van der Waals surface area contributed by atoms with Crippen LogP contribution in [-0.4, -0.2) is 73.7 Å². The fraction of sp³-hybridized carbons (Fsp3) is 0.762. The van der Waals surface area contributed by atoms with Gasteiger partial charge in [0.15, 0.2) is 5.96 Å². The van der Waals surface area contributed by atoms with Crippen molar-refractivity contribution < 1.29 is 0 Å². The smallest absolute Gasteiger partial charge is 0.191 e. The second kappa shape index (κ2) is 12.1. The number of hydrogen-bond donors (Lipinski definition) is 2. The van der Waals surface area contributed by atoms with Crippen molar-refractivity contribution >= 4 is 5.96 Å². The third-order valence-electron chi connectivity index (χ3n) is 5.27. The standard InChI is InChI=1S/C21H41N5/c1-8-12-26(13-9-2)20(17(3)4)16-23-21(22-7)24-19-10-14-25(15-11-19)18(5)6/h8-9,17-20H,1-2,10-16H2,3-7H3,(H2,22,23,24). The summed E-state index contributed by atoms with van der Waals surface area (Å²) in [5.74, 6) is 1.45. The Hall–Kier alpha value is -1.33. The van der Waals surface area contributed by atoms with Crippen LogP contribution >= 0.6 is 0 Å². The molecule has 150 valence electrons. The van der Waals surface area contributed by atoms with E-state index in [1.807, 2.05) is 19.2 Å². The molecule has 0 amide bonds. The molecule has 1 aliphatic heterocycles. The second-order valence-corrected chi connectivity index (χ2v) is 7.84. The maximum atomic E-state index is 4.44. The van der Waals surface area contributed by atoms with Gasteiger partial charge in [-0.15, -0.1) is 13.2 Å². The summed E-state index contributed by atoms with van der Waals surface area (Å²) in [6, 6.07) is 1.55. The van der Waals surface area contributed by atoms with Crippen LogP contribution in [0.1, 0.15) is 40.5 Å². The van der Waals surface area contributed by atoms with Gasteiger partial charge in [0.25, 0.3) is 0 Å². The Morgan fingerprint density at radius 1 is 1.15 bits per heavy atom. The quantitative estimate of drug-likeness (QED) is 0.356. The van der Waals surface area contributed by atoms with Gasteiger partial charge in [0.05, 0.1) is 0 Å². The Labute approximate surface area is 161 Å². The molecule has 0 aliphatic carbocycles. The Bertz CT molecular complexity index is 426. The van der Waals surface area contributed by atoms with Gasteiger partial charge in [-0.05, 0) is 32.6 Å². The zero-order valence-electron chi connectivity index (χ0n) is 17.7. The molecule has 5 nitrogen and oxygen atoms in total. The number of rotatable bonds is 10. The molecule has 1 unspecified atom stereocenters. The summed E-state index contributed by atoms with van der Waals surface area (Å²) in [4.78, 5) is 9.40. The summed E-state index contributed by atoms with van der Waals surface area (Å²) < 4.78 is 0. The van der Waals surface area contributed by atoms with Gasteiger partial charge in [-0.2, -0.15) is 0 Å². The highest BCUT2D eigenvalue weighted by atomic mass is 15.2. The highest BCUT2D eigenvalue weighted by molar-refractivity contribution is 5.80. The Kier molecular flexibility index (Phi) is 10.6. The molecule has 0 aromatic heterocycles. The minimum Gasteiger partial charge on any atom is -0.355 e. The lowest BCUT2D eigenvalue weighted by Gasteiger charge is -2.36. The first-order valence-electron chi connectivity index (χ1n) is 10.1. The van der Waals surface area contributed by atoms with Gasteiger partial charge in [0.1, 0.15) is 0 Å². The van der Waals surface area contributed by atoms with Crippen molar-refractivity contribution in [2.45, 2.75) is 58.7 Å². The van der Waals surface area contributed by atoms with E-state index in [0.717, 1.165) is 38.7 Å². The monoisotopic (exact) mass is 363 g/mol. The van der Waals surface area contributed by atoms with E-state index < -0.39 is 0 Å². The molecular formula is C21H41N5. The molecule has 26 heavy (non-hydrogen) atoms. The third kappa shape index (κ3) is 7.50. The first-order valence-corrected chi connectivity index (χ1v) is 10.1. The van der Waals surface area contributed by atoms with E-state index in [9.17, 15) is 0 Å². The van der Waals surface area contributed by atoms with E-state index in [1.165, 1.54) is 12.8 Å². The molecule has 1 saturated heterocycles. The molecule has 0 radical (unpaired) electrons. The molecule has 1 fully saturated rings. The van der Waals surface area contributed by atoms with Crippen molar-refractivity contribution in [3.8, 4) is 0 Å². The molecule has 0 bridgehead atoms. The Balaban J connectivity index is 2.55. The lowest BCUT2D eigenvalue weighted by atomic mass is 10.0. The van der Waals surface area contributed by atoms with Crippen LogP contribution in [0.15, 0.2) is 30.3 Å². The molecular weight excluding hydrogens is 322 g/mol. The molecule has 1 atom stereocenters. The van der Waals surface area contributed by atoms with Gasteiger partial charge in [-0.3, -0.25) is 9.89 Å². The van der Waals surface area contributed by atoms with Crippen LogP contribution in [-0.2, 0) is 0 Å². The van der Waals surface area contributed by atoms with Crippen molar-refractivity contribution in [2.24, 2.45) is 10.9 Å². The zero-order valence-corrected chi connectivity index (χ0v) is 17.7. The number of likely N-dealkylation sites (tertiary alicyclic amines) is 1. The molecule has 1 heterocycles. The largest absolute Gasteiger partial charge is 0.355 e. The van der Waals surface area contributed by atoms with Crippen molar-refractivity contribution in [2.75, 3.05) is 39.8 Å². The minimum atomic E-state index is 0.410. The normalized spacial score (nSPS) is 18.4. The molecule has 5 heteroatoms. The number of guanidine groups is 1. The summed E-state index contributed by atoms with van der Waals surface area (Å²) in [5, 5.41) is 7.16. The summed E-state index contributed by atoms with van der Waals surface area (Å²) in [7, 11) is 1.86. The van der Waals surface area contributed by atoms with Crippen LogP contribution in [0.4, 0.5) is 0 Å². The van der Waals surface area contributed by atoms with Crippen LogP contribution in [0.25, 0.3) is 0 Å². The van der Waals surface area contributed by atoms with Gasteiger partial charge in [-0.25, -0.2) is 0 Å². The topological polar surface area (TPSA) is 42.9 Å². The summed E-state index contributed by atoms with van der Waals surface area (Å²) >= 11 is 0. The van der Waals surface area contributed by atoms with E-state index in [-0.39, 0.29) is 0 Å². The lowest BCUT2D eigenvalue weighted by molar-refractivity contribution is 0.166. The SMILES string of the molecule is C=CCN(CC=C)C(CNC(=NC)NC1CCN(C(C)C)CC1)C(C)C. The second-order valence-electron chi connectivity index (χ2n) is 7.84. The lowest BCUT2D eigenvalue weighted by Crippen LogP contribution is -2.53. The Morgan fingerprint density at radius 3 is 2.15 bits per heavy atom. The average Bonchev–Trinajstić information content (AvgIpc) is 2.61. The average molecular weight is 364 g/mol. The summed E-state index contributed by atoms with van der Waals surface area (Å²) in [5.41, 5.74) is 0. The van der Waals surface area contributed by atoms with Gasteiger partial charge in [0, 0.05) is 57.9 Å². The fourth-order valence-electron chi connectivity index (χ4n) is 3.61. The highest BCUT2D eigenvalue weighted by Crippen LogP contribution is 2.13. The molecule has 0 aromatic rings. The van der Waals surface area contributed by atoms with Crippen molar-refractivity contribution in [3.05, 3.63) is 25.3 Å². The number of nitrogens with one attached hydrogen (secondary N) is 2. The zero-order chi connectivity index (χ0) is 19.5. The van der Waals surface area contributed by atoms with Crippen LogP contribution in [0.2, 0.25) is 0 Å². The summed E-state index contributed by atoms with van der Waals surface area (Å²) in [6.07, 6.45) is 6.28. The fourth-order valence-corrected chi connectivity index (χ4v) is 3.61. The van der Waals surface area contributed by atoms with Gasteiger partial charge in [0.2, 0.25) is 0 Å². The predicted molar refractivity (Wildman–Crippen MR) is 115 cm³/mol. The van der Waals surface area contributed by atoms with Crippen molar-refractivity contribution in [1.82, 2.24) is 20.4 Å². The van der Waals surface area contributed by atoms with E-state index in [0.29, 0.717) is 24.0 Å². The predicted octanol–water partition coefficient (Wildman–Crippen LogP) is 2.72. The molecule has 2 N–H and O–H groups in total. The first-order chi connectivity index (χ1) is 12.4. The number of nitrogens with zero attached hydrogens (tertiary/aromatic N) is 3. The van der Waals surface area contributed by atoms with Crippen LogP contribution < -0.4 is 10.6 Å². The minimum absolute atomic E-state index is 0.410. The van der Waals surface area contributed by atoms with E-state index in [4.69, 9.17) is 0 Å². The number of piperidine rings is 1. The maximum Gasteiger partial charge on any atom is 0.191 e. The van der Waals surface area contributed by atoms with Crippen molar-refractivity contribution in [1.29, 1.82) is 0 Å². The van der Waals surface area contributed by atoms with E-state index >= 15 is 0 Å². The van der Waals surface area contributed by atoms with E-state index in [2.05, 4.69) is 66.3 Å². The number of aliphatic imine (C=N–C) groups is 1. The maximum absolute atomic E-state index is 4.44. The summed E-state index contributed by atoms with van der Waals surface area (Å²) in [6.45, 7) is 21.8. The van der Waals surface area contributed by atoms with Crippen LogP contribution in [0.5, 0.6) is 0 Å². The van der Waals surface area contributed by atoms with Crippen LogP contribution in [0.3, 0.4) is 0 Å². The highest BCUT2D eigenvalue weighted by Gasteiger charge is 2.23. The molecule has 1 aliphatic rings. The molecule has 1 rings (SSSR count). The van der Waals surface area contributed by atoms with Crippen LogP contribution in [0, 0.1) is 5.92 Å². The first kappa shape index (κ1) is 22.7. The van der Waals surface area contributed by atoms with Gasteiger partial charge in [-0.1, -0.05) is 26.0 Å². The number of hydrogen-bond acceptors (Lipinski definition) is 3. The molecule has 0 aromatic carbocycles. The molecule has 0 saturated carbocycles. The van der Waals surface area contributed by atoms with E-state index in [1.54, 1.807) is 0 Å². The van der Waals surface area contributed by atoms with Crippen molar-refractivity contribution in [3.63, 3.8) is 0 Å². The molecule has 0 spiro atoms. The third-order valence-corrected chi connectivity index (χ3v) is 5.27. The van der Waals surface area contributed by atoms with Gasteiger partial charge < -0.3 is 15.5 Å². The Morgan fingerprint density at radius 2 is 1.73 bits per heavy atom.